The zero-order chi connectivity index (χ0) is 24.0. The molecule has 4 rings (SSSR count). The molecule has 174 valence electrons. The van der Waals surface area contributed by atoms with Gasteiger partial charge in [0.1, 0.15) is 11.6 Å². The van der Waals surface area contributed by atoms with Crippen LogP contribution in [-0.2, 0) is 9.53 Å². The molecule has 0 aliphatic heterocycles. The maximum atomic E-state index is 13.2. The van der Waals surface area contributed by atoms with Crippen LogP contribution in [0.5, 0.6) is 0 Å². The number of hydrogen-bond donors (Lipinski definition) is 1. The number of ether oxygens (including phenoxy) is 1. The first-order valence-electron chi connectivity index (χ1n) is 11.7. The van der Waals surface area contributed by atoms with E-state index in [1.54, 1.807) is 13.8 Å². The van der Waals surface area contributed by atoms with Crippen LogP contribution in [0.3, 0.4) is 0 Å². The smallest absolute Gasteiger partial charge is 0.315 e. The third kappa shape index (κ3) is 5.49. The van der Waals surface area contributed by atoms with Gasteiger partial charge >= 0.3 is 5.97 Å². The predicted molar refractivity (Wildman–Crippen MR) is 135 cm³/mol. The Bertz CT molecular complexity index is 1110. The molecule has 0 amide bonds. The standard InChI is InChI=1S/C29H30N2O3/c1-3-34-28(32)26-24(21-13-7-4-8-14-21)19-29(2,33)20-25(26)30-31-27(22-15-9-5-10-16-22)23-17-11-6-12-18-23/h4-18,24,26,33H,3,19-20H2,1-2H3/b30-25-/t24-,26+,29+/m1/s1. The lowest BCUT2D eigenvalue weighted by Crippen LogP contribution is -2.45. The molecule has 5 heteroatoms. The fraction of sp³-hybridized carbons (Fsp3) is 0.276. The number of nitrogens with zero attached hydrogens (tertiary/aromatic N) is 2. The van der Waals surface area contributed by atoms with Crippen LogP contribution >= 0.6 is 0 Å². The van der Waals surface area contributed by atoms with E-state index in [1.165, 1.54) is 0 Å². The van der Waals surface area contributed by atoms with Crippen LogP contribution in [0.25, 0.3) is 0 Å². The molecule has 0 spiro atoms. The van der Waals surface area contributed by atoms with Gasteiger partial charge in [-0.05, 0) is 25.8 Å². The highest BCUT2D eigenvalue weighted by Gasteiger charge is 2.45. The number of esters is 1. The van der Waals surface area contributed by atoms with Crippen LogP contribution in [0.4, 0.5) is 0 Å². The van der Waals surface area contributed by atoms with E-state index in [9.17, 15) is 9.90 Å². The second-order valence-corrected chi connectivity index (χ2v) is 8.90. The Balaban J connectivity index is 1.83. The van der Waals surface area contributed by atoms with Crippen molar-refractivity contribution in [2.45, 2.75) is 38.2 Å². The summed E-state index contributed by atoms with van der Waals surface area (Å²) in [5.41, 5.74) is 3.05. The number of carbonyl (C=O) groups is 1. The molecule has 1 N–H and O–H groups in total. The monoisotopic (exact) mass is 454 g/mol. The number of carbonyl (C=O) groups excluding carboxylic acids is 1. The molecule has 5 nitrogen and oxygen atoms in total. The van der Waals surface area contributed by atoms with Gasteiger partial charge in [0.2, 0.25) is 0 Å². The van der Waals surface area contributed by atoms with E-state index >= 15 is 0 Å². The van der Waals surface area contributed by atoms with Crippen molar-refractivity contribution in [2.75, 3.05) is 6.61 Å². The Morgan fingerprint density at radius 1 is 0.941 bits per heavy atom. The van der Waals surface area contributed by atoms with E-state index in [0.717, 1.165) is 16.7 Å². The van der Waals surface area contributed by atoms with E-state index in [0.29, 0.717) is 17.8 Å². The fourth-order valence-electron chi connectivity index (χ4n) is 4.62. The Hall–Kier alpha value is -3.57. The van der Waals surface area contributed by atoms with Crippen LogP contribution in [0.15, 0.2) is 101 Å². The summed E-state index contributed by atoms with van der Waals surface area (Å²) in [5.74, 6) is -1.20. The minimum absolute atomic E-state index is 0.250. The van der Waals surface area contributed by atoms with E-state index < -0.39 is 11.5 Å². The van der Waals surface area contributed by atoms with E-state index in [-0.39, 0.29) is 24.9 Å². The molecule has 3 aromatic carbocycles. The average Bonchev–Trinajstić information content (AvgIpc) is 2.85. The third-order valence-corrected chi connectivity index (χ3v) is 6.12. The Labute approximate surface area is 200 Å². The lowest BCUT2D eigenvalue weighted by molar-refractivity contribution is -0.147. The summed E-state index contributed by atoms with van der Waals surface area (Å²) in [6.45, 7) is 3.87. The van der Waals surface area contributed by atoms with E-state index in [2.05, 4.69) is 10.2 Å². The van der Waals surface area contributed by atoms with Crippen LogP contribution in [-0.4, -0.2) is 34.7 Å². The summed E-state index contributed by atoms with van der Waals surface area (Å²) in [6.07, 6.45) is 0.688. The molecular weight excluding hydrogens is 424 g/mol. The highest BCUT2D eigenvalue weighted by Crippen LogP contribution is 2.42. The van der Waals surface area contributed by atoms with E-state index in [4.69, 9.17) is 4.74 Å². The van der Waals surface area contributed by atoms with Crippen LogP contribution < -0.4 is 0 Å². The number of aliphatic hydroxyl groups is 1. The van der Waals surface area contributed by atoms with Crippen molar-refractivity contribution in [1.29, 1.82) is 0 Å². The van der Waals surface area contributed by atoms with E-state index in [1.807, 2.05) is 91.0 Å². The van der Waals surface area contributed by atoms with Gasteiger partial charge in [0.15, 0.2) is 0 Å². The molecule has 1 fully saturated rings. The predicted octanol–water partition coefficient (Wildman–Crippen LogP) is 5.39. The molecule has 1 aliphatic rings. The molecule has 3 atom stereocenters. The molecule has 0 unspecified atom stereocenters. The molecule has 0 saturated heterocycles. The van der Waals surface area contributed by atoms with Gasteiger partial charge in [0, 0.05) is 23.5 Å². The van der Waals surface area contributed by atoms with Crippen LogP contribution in [0.1, 0.15) is 49.3 Å². The minimum atomic E-state index is -1.02. The summed E-state index contributed by atoms with van der Waals surface area (Å²) in [5, 5.41) is 20.4. The van der Waals surface area contributed by atoms with Gasteiger partial charge in [-0.1, -0.05) is 91.0 Å². The number of hydrogen-bond acceptors (Lipinski definition) is 5. The van der Waals surface area contributed by atoms with Crippen molar-refractivity contribution in [3.05, 3.63) is 108 Å². The van der Waals surface area contributed by atoms with Crippen molar-refractivity contribution in [2.24, 2.45) is 16.1 Å². The molecule has 1 saturated carbocycles. The van der Waals surface area contributed by atoms with Crippen LogP contribution in [0, 0.1) is 5.92 Å². The summed E-state index contributed by atoms with van der Waals surface area (Å²) in [7, 11) is 0. The van der Waals surface area contributed by atoms with Gasteiger partial charge in [-0.25, -0.2) is 0 Å². The lowest BCUT2D eigenvalue weighted by atomic mass is 9.68. The quantitative estimate of drug-likeness (QED) is 0.308. The summed E-state index contributed by atoms with van der Waals surface area (Å²) in [6, 6.07) is 29.5. The van der Waals surface area contributed by atoms with Crippen molar-refractivity contribution in [3.63, 3.8) is 0 Å². The average molecular weight is 455 g/mol. The zero-order valence-corrected chi connectivity index (χ0v) is 19.6. The minimum Gasteiger partial charge on any atom is -0.465 e. The first kappa shape index (κ1) is 23.6. The molecule has 0 aromatic heterocycles. The maximum Gasteiger partial charge on any atom is 0.315 e. The molecular formula is C29H30N2O3. The van der Waals surface area contributed by atoms with Gasteiger partial charge in [-0.15, -0.1) is 5.10 Å². The highest BCUT2D eigenvalue weighted by atomic mass is 16.5. The van der Waals surface area contributed by atoms with Gasteiger partial charge < -0.3 is 9.84 Å². The Morgan fingerprint density at radius 3 is 2.00 bits per heavy atom. The molecule has 0 heterocycles. The van der Waals surface area contributed by atoms with Crippen LogP contribution in [0.2, 0.25) is 0 Å². The molecule has 1 aliphatic carbocycles. The number of rotatable bonds is 6. The second-order valence-electron chi connectivity index (χ2n) is 8.90. The fourth-order valence-corrected chi connectivity index (χ4v) is 4.62. The molecule has 34 heavy (non-hydrogen) atoms. The normalized spacial score (nSPS) is 23.3. The Morgan fingerprint density at radius 2 is 1.47 bits per heavy atom. The summed E-state index contributed by atoms with van der Waals surface area (Å²) < 4.78 is 5.46. The van der Waals surface area contributed by atoms with Crippen molar-refractivity contribution in [3.8, 4) is 0 Å². The lowest BCUT2D eigenvalue weighted by Gasteiger charge is -2.39. The molecule has 0 bridgehead atoms. The topological polar surface area (TPSA) is 71.2 Å². The van der Waals surface area contributed by atoms with Gasteiger partial charge in [-0.2, -0.15) is 5.10 Å². The Kier molecular flexibility index (Phi) is 7.33. The molecule has 3 aromatic rings. The number of benzene rings is 3. The van der Waals surface area contributed by atoms with Gasteiger partial charge in [-0.3, -0.25) is 4.79 Å². The third-order valence-electron chi connectivity index (χ3n) is 6.12. The molecule has 0 radical (unpaired) electrons. The second kappa shape index (κ2) is 10.6. The largest absolute Gasteiger partial charge is 0.465 e. The van der Waals surface area contributed by atoms with Gasteiger partial charge in [0.25, 0.3) is 0 Å². The van der Waals surface area contributed by atoms with Crippen molar-refractivity contribution < 1.29 is 14.6 Å². The zero-order valence-electron chi connectivity index (χ0n) is 19.6. The van der Waals surface area contributed by atoms with Crippen molar-refractivity contribution >= 4 is 17.4 Å². The maximum absolute atomic E-state index is 13.2. The SMILES string of the molecule is CCOC(=O)[C@@H]1/C(=N\N=C(c2ccccc2)c2ccccc2)C[C@@](C)(O)C[C@@H]1c1ccccc1. The summed E-state index contributed by atoms with van der Waals surface area (Å²) in [4.78, 5) is 13.2. The summed E-state index contributed by atoms with van der Waals surface area (Å²) >= 11 is 0. The first-order valence-corrected chi connectivity index (χ1v) is 11.7. The van der Waals surface area contributed by atoms with Crippen molar-refractivity contribution in [1.82, 2.24) is 0 Å². The highest BCUT2D eigenvalue weighted by molar-refractivity contribution is 6.13. The van der Waals surface area contributed by atoms with Gasteiger partial charge in [0.05, 0.1) is 17.9 Å². The first-order chi connectivity index (χ1) is 16.5.